The molecule has 0 atom stereocenters. The number of carbonyl (C=O) groups excluding carboxylic acids is 1. The van der Waals surface area contributed by atoms with Crippen LogP contribution in [-0.2, 0) is 4.74 Å². The molecule has 4 nitrogen and oxygen atoms in total. The molecule has 0 saturated carbocycles. The third-order valence-corrected chi connectivity index (χ3v) is 2.96. The number of esters is 1. The largest absolute Gasteiger partial charge is 0.465 e. The van der Waals surface area contributed by atoms with Crippen LogP contribution in [0.3, 0.4) is 0 Å². The lowest BCUT2D eigenvalue weighted by Crippen LogP contribution is -1.96. The maximum Gasteiger partial charge on any atom is 0.349 e. The van der Waals surface area contributed by atoms with Gasteiger partial charge in [0.15, 0.2) is 5.13 Å². The Labute approximate surface area is 105 Å². The summed E-state index contributed by atoms with van der Waals surface area (Å²) in [6.07, 6.45) is 1.30. The van der Waals surface area contributed by atoms with Crippen LogP contribution in [0.15, 0.2) is 24.4 Å². The molecule has 0 spiro atoms. The van der Waals surface area contributed by atoms with Crippen LogP contribution in [0.2, 0.25) is 0 Å². The van der Waals surface area contributed by atoms with Gasteiger partial charge in [-0.15, -0.1) is 0 Å². The van der Waals surface area contributed by atoms with Crippen molar-refractivity contribution in [3.05, 3.63) is 40.9 Å². The van der Waals surface area contributed by atoms with Crippen LogP contribution in [0.25, 0.3) is 0 Å². The Hall–Kier alpha value is -2.02. The lowest BCUT2D eigenvalue weighted by molar-refractivity contribution is 0.0606. The standard InChI is InChI=1S/C11H8F2N2O2S/c1-17-10(16)9-5-14-11(18-9)15-8-4-6(12)2-3-7(8)13/h2-5H,1H3,(H,14,15). The van der Waals surface area contributed by atoms with E-state index in [1.807, 2.05) is 0 Å². The Morgan fingerprint density at radius 1 is 1.44 bits per heavy atom. The average Bonchev–Trinajstić information content (AvgIpc) is 2.81. The fourth-order valence-electron chi connectivity index (χ4n) is 1.24. The number of hydrogen-bond donors (Lipinski definition) is 1. The molecule has 0 aliphatic rings. The van der Waals surface area contributed by atoms with Crippen LogP contribution in [0, 0.1) is 11.6 Å². The van der Waals surface area contributed by atoms with Gasteiger partial charge in [-0.05, 0) is 12.1 Å². The molecule has 94 valence electrons. The predicted octanol–water partition coefficient (Wildman–Crippen LogP) is 2.95. The maximum atomic E-state index is 13.3. The summed E-state index contributed by atoms with van der Waals surface area (Å²) in [6.45, 7) is 0. The summed E-state index contributed by atoms with van der Waals surface area (Å²) in [5.74, 6) is -1.70. The third-order valence-electron chi connectivity index (χ3n) is 2.06. The Morgan fingerprint density at radius 2 is 2.22 bits per heavy atom. The fraction of sp³-hybridized carbons (Fsp3) is 0.0909. The molecule has 2 rings (SSSR count). The first-order valence-corrected chi connectivity index (χ1v) is 5.68. The number of rotatable bonds is 3. The number of ether oxygens (including phenoxy) is 1. The molecule has 0 saturated heterocycles. The summed E-state index contributed by atoms with van der Waals surface area (Å²) in [6, 6.07) is 3.03. The van der Waals surface area contributed by atoms with Crippen LogP contribution in [0.1, 0.15) is 9.67 Å². The Bertz CT molecular complexity index is 586. The van der Waals surface area contributed by atoms with Crippen LogP contribution >= 0.6 is 11.3 Å². The normalized spacial score (nSPS) is 10.2. The summed E-state index contributed by atoms with van der Waals surface area (Å²) in [5.41, 5.74) is -0.0410. The summed E-state index contributed by atoms with van der Waals surface area (Å²) in [5, 5.41) is 2.87. The van der Waals surface area contributed by atoms with Crippen molar-refractivity contribution in [1.82, 2.24) is 4.98 Å². The molecular formula is C11H8F2N2O2S. The molecule has 0 fully saturated rings. The minimum absolute atomic E-state index is 0.0410. The van der Waals surface area contributed by atoms with Gasteiger partial charge in [0.05, 0.1) is 19.0 Å². The van der Waals surface area contributed by atoms with Crippen LogP contribution in [-0.4, -0.2) is 18.1 Å². The van der Waals surface area contributed by atoms with E-state index in [0.29, 0.717) is 0 Å². The smallest absolute Gasteiger partial charge is 0.349 e. The molecule has 2 aromatic rings. The Kier molecular flexibility index (Phi) is 3.52. The highest BCUT2D eigenvalue weighted by Gasteiger charge is 2.12. The van der Waals surface area contributed by atoms with E-state index < -0.39 is 17.6 Å². The number of hydrogen-bond acceptors (Lipinski definition) is 5. The van der Waals surface area contributed by atoms with E-state index in [4.69, 9.17) is 0 Å². The topological polar surface area (TPSA) is 51.2 Å². The number of methoxy groups -OCH3 is 1. The number of nitrogens with one attached hydrogen (secondary N) is 1. The van der Waals surface area contributed by atoms with Gasteiger partial charge < -0.3 is 10.1 Å². The van der Waals surface area contributed by atoms with E-state index in [9.17, 15) is 13.6 Å². The molecule has 1 heterocycles. The van der Waals surface area contributed by atoms with E-state index in [0.717, 1.165) is 29.5 Å². The summed E-state index contributed by atoms with van der Waals surface area (Å²) in [7, 11) is 1.25. The summed E-state index contributed by atoms with van der Waals surface area (Å²) >= 11 is 0.989. The molecule has 0 unspecified atom stereocenters. The molecule has 1 aromatic heterocycles. The summed E-state index contributed by atoms with van der Waals surface area (Å²) < 4.78 is 30.8. The second kappa shape index (κ2) is 5.09. The molecule has 1 N–H and O–H groups in total. The molecular weight excluding hydrogens is 262 g/mol. The van der Waals surface area contributed by atoms with Gasteiger partial charge >= 0.3 is 5.97 Å². The van der Waals surface area contributed by atoms with Crippen molar-refractivity contribution < 1.29 is 18.3 Å². The number of nitrogens with zero attached hydrogens (tertiary/aromatic N) is 1. The molecule has 0 aliphatic heterocycles. The van der Waals surface area contributed by atoms with Gasteiger partial charge in [0.25, 0.3) is 0 Å². The highest BCUT2D eigenvalue weighted by molar-refractivity contribution is 7.17. The zero-order valence-corrected chi connectivity index (χ0v) is 10.1. The lowest BCUT2D eigenvalue weighted by atomic mass is 10.3. The van der Waals surface area contributed by atoms with E-state index in [1.54, 1.807) is 0 Å². The molecule has 1 aromatic carbocycles. The zero-order chi connectivity index (χ0) is 13.1. The number of carbonyl (C=O) groups is 1. The van der Waals surface area contributed by atoms with Gasteiger partial charge in [-0.3, -0.25) is 0 Å². The van der Waals surface area contributed by atoms with Gasteiger partial charge in [-0.1, -0.05) is 11.3 Å². The predicted molar refractivity (Wildman–Crippen MR) is 63.1 cm³/mol. The van der Waals surface area contributed by atoms with Crippen LogP contribution in [0.5, 0.6) is 0 Å². The van der Waals surface area contributed by atoms with Crippen molar-refractivity contribution in [3.8, 4) is 0 Å². The quantitative estimate of drug-likeness (QED) is 0.871. The van der Waals surface area contributed by atoms with Gasteiger partial charge in [0, 0.05) is 6.07 Å². The fourth-order valence-corrected chi connectivity index (χ4v) is 1.98. The first kappa shape index (κ1) is 12.4. The Morgan fingerprint density at radius 3 is 2.94 bits per heavy atom. The van der Waals surface area contributed by atoms with Crippen LogP contribution in [0.4, 0.5) is 19.6 Å². The lowest BCUT2D eigenvalue weighted by Gasteiger charge is -2.03. The average molecular weight is 270 g/mol. The monoisotopic (exact) mass is 270 g/mol. The molecule has 0 bridgehead atoms. The van der Waals surface area contributed by atoms with Crippen molar-refractivity contribution in [1.29, 1.82) is 0 Å². The summed E-state index contributed by atoms with van der Waals surface area (Å²) in [4.78, 5) is 15.3. The van der Waals surface area contributed by atoms with E-state index in [2.05, 4.69) is 15.0 Å². The molecule has 18 heavy (non-hydrogen) atoms. The minimum atomic E-state index is -0.605. The Balaban J connectivity index is 2.21. The van der Waals surface area contributed by atoms with Crippen molar-refractivity contribution >= 4 is 28.1 Å². The second-order valence-electron chi connectivity index (χ2n) is 3.27. The van der Waals surface area contributed by atoms with Crippen LogP contribution < -0.4 is 5.32 Å². The van der Waals surface area contributed by atoms with Crippen molar-refractivity contribution in [3.63, 3.8) is 0 Å². The van der Waals surface area contributed by atoms with Crippen molar-refractivity contribution in [2.75, 3.05) is 12.4 Å². The van der Waals surface area contributed by atoms with Crippen molar-refractivity contribution in [2.24, 2.45) is 0 Å². The SMILES string of the molecule is COC(=O)c1cnc(Nc2cc(F)ccc2F)s1. The number of anilines is 2. The number of thiazole rings is 1. The molecule has 0 amide bonds. The van der Waals surface area contributed by atoms with Gasteiger partial charge in [0.1, 0.15) is 16.5 Å². The van der Waals surface area contributed by atoms with Crippen molar-refractivity contribution in [2.45, 2.75) is 0 Å². The number of halogens is 2. The highest BCUT2D eigenvalue weighted by Crippen LogP contribution is 2.25. The zero-order valence-electron chi connectivity index (χ0n) is 9.24. The number of benzene rings is 1. The second-order valence-corrected chi connectivity index (χ2v) is 4.30. The van der Waals surface area contributed by atoms with E-state index >= 15 is 0 Å². The molecule has 0 radical (unpaired) electrons. The number of aromatic nitrogens is 1. The van der Waals surface area contributed by atoms with Gasteiger partial charge in [-0.25, -0.2) is 18.6 Å². The van der Waals surface area contributed by atoms with Gasteiger partial charge in [-0.2, -0.15) is 0 Å². The highest BCUT2D eigenvalue weighted by atomic mass is 32.1. The van der Waals surface area contributed by atoms with Gasteiger partial charge in [0.2, 0.25) is 0 Å². The molecule has 0 aliphatic carbocycles. The maximum absolute atomic E-state index is 13.3. The molecule has 7 heteroatoms. The van der Waals surface area contributed by atoms with E-state index in [-0.39, 0.29) is 15.7 Å². The minimum Gasteiger partial charge on any atom is -0.465 e. The first-order valence-electron chi connectivity index (χ1n) is 4.86. The van der Waals surface area contributed by atoms with E-state index in [1.165, 1.54) is 13.3 Å². The third kappa shape index (κ3) is 2.62. The first-order chi connectivity index (χ1) is 8.60.